The Morgan fingerprint density at radius 3 is 2.22 bits per heavy atom. The van der Waals surface area contributed by atoms with Gasteiger partial charge in [-0.15, -0.1) is 11.3 Å². The van der Waals surface area contributed by atoms with E-state index in [1.165, 1.54) is 22.4 Å². The number of rotatable bonds is 3. The molecule has 2 aromatic rings. The van der Waals surface area contributed by atoms with Crippen molar-refractivity contribution in [3.8, 4) is 0 Å². The van der Waals surface area contributed by atoms with Gasteiger partial charge in [-0.25, -0.2) is 0 Å². The molecule has 27 heavy (non-hydrogen) atoms. The van der Waals surface area contributed by atoms with Gasteiger partial charge in [0, 0.05) is 16.5 Å². The summed E-state index contributed by atoms with van der Waals surface area (Å²) in [6, 6.07) is 3.35. The summed E-state index contributed by atoms with van der Waals surface area (Å²) in [6.45, 7) is 12.1. The number of amides is 2. The first kappa shape index (κ1) is 21.5. The van der Waals surface area contributed by atoms with Crippen molar-refractivity contribution in [2.45, 2.75) is 48.1 Å². The Bertz CT molecular complexity index is 825. The molecule has 2 aromatic heterocycles. The number of fused-ring (bicyclic) bond motifs is 2. The average molecular weight is 390 g/mol. The molecule has 1 aliphatic heterocycles. The third kappa shape index (κ3) is 3.53. The van der Waals surface area contributed by atoms with Gasteiger partial charge in [0.05, 0.1) is 28.6 Å². The fourth-order valence-electron chi connectivity index (χ4n) is 3.60. The second-order valence-electron chi connectivity index (χ2n) is 6.74. The van der Waals surface area contributed by atoms with E-state index in [2.05, 4.69) is 4.98 Å². The number of piperidine rings is 1. The van der Waals surface area contributed by atoms with Crippen LogP contribution in [0.2, 0.25) is 0 Å². The van der Waals surface area contributed by atoms with E-state index in [9.17, 15) is 19.6 Å². The molecule has 2 aliphatic rings. The van der Waals surface area contributed by atoms with E-state index in [-0.39, 0.29) is 35.6 Å². The first-order valence-corrected chi connectivity index (χ1v) is 10.2. The topological polar surface area (TPSA) is 90.7 Å². The van der Waals surface area contributed by atoms with Crippen molar-refractivity contribution in [3.63, 3.8) is 0 Å². The minimum absolute atomic E-state index is 0.0992. The largest absolute Gasteiger partial charge is 0.490 e. The number of carbonyl (C=O) groups is 2. The molecule has 1 saturated carbocycles. The second-order valence-corrected chi connectivity index (χ2v) is 7.88. The van der Waals surface area contributed by atoms with Gasteiger partial charge in [-0.3, -0.25) is 19.5 Å². The average Bonchev–Trinajstić information content (AvgIpc) is 2.93. The number of hydrogen-bond donors (Lipinski definition) is 2. The Morgan fingerprint density at radius 2 is 1.70 bits per heavy atom. The highest BCUT2D eigenvalue weighted by Gasteiger charge is 2.72. The van der Waals surface area contributed by atoms with Crippen molar-refractivity contribution in [3.05, 3.63) is 23.2 Å². The molecular formula is C19H27BN2O4S. The summed E-state index contributed by atoms with van der Waals surface area (Å²) >= 11 is 1.33. The molecule has 0 aromatic carbocycles. The Balaban J connectivity index is 0.000000614. The van der Waals surface area contributed by atoms with Crippen molar-refractivity contribution >= 4 is 45.9 Å². The molecule has 0 bridgehead atoms. The van der Waals surface area contributed by atoms with E-state index < -0.39 is 7.12 Å². The Morgan fingerprint density at radius 1 is 1.15 bits per heavy atom. The van der Waals surface area contributed by atoms with Crippen LogP contribution < -0.4 is 5.46 Å². The second kappa shape index (κ2) is 8.08. The van der Waals surface area contributed by atoms with Crippen molar-refractivity contribution < 1.29 is 19.6 Å². The van der Waals surface area contributed by atoms with Crippen molar-refractivity contribution in [2.75, 3.05) is 0 Å². The molecular weight excluding hydrogens is 363 g/mol. The molecule has 1 aliphatic carbocycles. The van der Waals surface area contributed by atoms with Crippen molar-refractivity contribution in [1.82, 2.24) is 9.88 Å². The zero-order valence-corrected chi connectivity index (χ0v) is 17.5. The zero-order chi connectivity index (χ0) is 20.5. The number of carbonyl (C=O) groups excluding carboxylic acids is 2. The number of aromatic nitrogens is 1. The molecule has 0 spiro atoms. The summed E-state index contributed by atoms with van der Waals surface area (Å²) in [5.74, 6) is -0.565. The molecule has 146 valence electrons. The van der Waals surface area contributed by atoms with E-state index in [1.807, 2.05) is 41.5 Å². The quantitative estimate of drug-likeness (QED) is 0.619. The minimum Gasteiger partial charge on any atom is -0.423 e. The van der Waals surface area contributed by atoms with Gasteiger partial charge in [0.25, 0.3) is 0 Å². The molecule has 6 nitrogen and oxygen atoms in total. The standard InChI is InChI=1S/C15H15BN2O4S.2C2H6/c1-15(2)10-11(15)14(20)18(13(10)19)6-7-5-9-12(23-7)8(16(21)22)3-4-17-9;2*1-2/h3-5,10-11,21-22H,6H2,1-2H3;2*1-2H3. The maximum absolute atomic E-state index is 12.4. The number of imide groups is 1. The lowest BCUT2D eigenvalue weighted by Gasteiger charge is -2.19. The number of nitrogens with zero attached hydrogens (tertiary/aromatic N) is 2. The van der Waals surface area contributed by atoms with Crippen LogP contribution in [-0.2, 0) is 16.1 Å². The summed E-state index contributed by atoms with van der Waals surface area (Å²) in [7, 11) is -1.57. The van der Waals surface area contributed by atoms with Gasteiger partial charge >= 0.3 is 7.12 Å². The van der Waals surface area contributed by atoms with Gasteiger partial charge in [-0.05, 0) is 17.5 Å². The van der Waals surface area contributed by atoms with E-state index in [1.54, 1.807) is 12.1 Å². The number of pyridine rings is 1. The zero-order valence-electron chi connectivity index (χ0n) is 16.7. The van der Waals surface area contributed by atoms with Gasteiger partial charge in [0.1, 0.15) is 0 Å². The first-order chi connectivity index (χ1) is 12.8. The van der Waals surface area contributed by atoms with Crippen LogP contribution in [0.1, 0.15) is 46.4 Å². The fourth-order valence-corrected chi connectivity index (χ4v) is 4.74. The minimum atomic E-state index is -1.57. The lowest BCUT2D eigenvalue weighted by molar-refractivity contribution is -0.143. The predicted molar refractivity (Wildman–Crippen MR) is 108 cm³/mol. The summed E-state index contributed by atoms with van der Waals surface area (Å²) < 4.78 is 0.669. The van der Waals surface area contributed by atoms with Crippen LogP contribution in [0.3, 0.4) is 0 Å². The fraction of sp³-hybridized carbons (Fsp3) is 0.526. The Hall–Kier alpha value is -1.77. The van der Waals surface area contributed by atoms with Gasteiger partial charge < -0.3 is 10.0 Å². The van der Waals surface area contributed by atoms with Gasteiger partial charge in [-0.1, -0.05) is 41.5 Å². The van der Waals surface area contributed by atoms with Crippen LogP contribution in [0, 0.1) is 17.3 Å². The highest BCUT2D eigenvalue weighted by atomic mass is 32.1. The monoisotopic (exact) mass is 390 g/mol. The summed E-state index contributed by atoms with van der Waals surface area (Å²) in [4.78, 5) is 31.1. The third-order valence-electron chi connectivity index (χ3n) is 4.98. The van der Waals surface area contributed by atoms with Crippen LogP contribution in [-0.4, -0.2) is 38.9 Å². The molecule has 4 rings (SSSR count). The molecule has 1 saturated heterocycles. The van der Waals surface area contributed by atoms with Crippen LogP contribution in [0.5, 0.6) is 0 Å². The number of hydrogen-bond acceptors (Lipinski definition) is 6. The van der Waals surface area contributed by atoms with Gasteiger partial charge in [-0.2, -0.15) is 0 Å². The Kier molecular flexibility index (Phi) is 6.45. The molecule has 2 atom stereocenters. The Labute approximate surface area is 164 Å². The lowest BCUT2D eigenvalue weighted by atomic mass is 9.81. The predicted octanol–water partition coefficient (Wildman–Crippen LogP) is 2.17. The number of likely N-dealkylation sites (tertiary alicyclic amines) is 1. The summed E-state index contributed by atoms with van der Waals surface area (Å²) in [5.41, 5.74) is 0.815. The van der Waals surface area contributed by atoms with Crippen LogP contribution in [0.25, 0.3) is 10.2 Å². The molecule has 3 heterocycles. The molecule has 2 fully saturated rings. The maximum Gasteiger partial charge on any atom is 0.490 e. The van der Waals surface area contributed by atoms with E-state index in [4.69, 9.17) is 0 Å². The summed E-state index contributed by atoms with van der Waals surface area (Å²) in [5, 5.41) is 18.8. The molecule has 0 radical (unpaired) electrons. The van der Waals surface area contributed by atoms with Gasteiger partial charge in [0.15, 0.2) is 0 Å². The third-order valence-corrected chi connectivity index (χ3v) is 6.14. The van der Waals surface area contributed by atoms with Crippen LogP contribution in [0.4, 0.5) is 0 Å². The van der Waals surface area contributed by atoms with E-state index in [0.29, 0.717) is 15.7 Å². The molecule has 8 heteroatoms. The first-order valence-electron chi connectivity index (χ1n) is 9.41. The SMILES string of the molecule is CC.CC.CC1(C)C2C(=O)N(Cc3cc4nccc(B(O)O)c4s3)C(=O)C21. The van der Waals surface area contributed by atoms with Crippen molar-refractivity contribution in [2.24, 2.45) is 17.3 Å². The van der Waals surface area contributed by atoms with Gasteiger partial charge in [0.2, 0.25) is 11.8 Å². The van der Waals surface area contributed by atoms with Crippen LogP contribution >= 0.6 is 11.3 Å². The maximum atomic E-state index is 12.4. The van der Waals surface area contributed by atoms with E-state index in [0.717, 1.165) is 4.88 Å². The normalized spacial score (nSPS) is 21.9. The molecule has 2 unspecified atom stereocenters. The van der Waals surface area contributed by atoms with Crippen LogP contribution in [0.15, 0.2) is 18.3 Å². The lowest BCUT2D eigenvalue weighted by Crippen LogP contribution is -2.35. The number of thiophene rings is 1. The van der Waals surface area contributed by atoms with Crippen molar-refractivity contribution in [1.29, 1.82) is 0 Å². The molecule has 2 amide bonds. The highest BCUT2D eigenvalue weighted by Crippen LogP contribution is 2.63. The summed E-state index contributed by atoms with van der Waals surface area (Å²) in [6.07, 6.45) is 1.51. The molecule has 2 N–H and O–H groups in total. The smallest absolute Gasteiger partial charge is 0.423 e. The van der Waals surface area contributed by atoms with E-state index >= 15 is 0 Å². The highest BCUT2D eigenvalue weighted by molar-refractivity contribution is 7.20.